The van der Waals surface area contributed by atoms with E-state index in [0.717, 1.165) is 22.6 Å². The van der Waals surface area contributed by atoms with Gasteiger partial charge in [0.15, 0.2) is 5.16 Å². The van der Waals surface area contributed by atoms with Crippen LogP contribution in [0.2, 0.25) is 0 Å². The molecule has 1 aromatic heterocycles. The number of hydrogen-bond acceptors (Lipinski definition) is 4. The van der Waals surface area contributed by atoms with Gasteiger partial charge in [0.25, 0.3) is 0 Å². The molecule has 168 valence electrons. The van der Waals surface area contributed by atoms with Crippen molar-refractivity contribution < 1.29 is 9.18 Å². The first-order valence-corrected chi connectivity index (χ1v) is 11.7. The summed E-state index contributed by atoms with van der Waals surface area (Å²) < 4.78 is 15.2. The zero-order chi connectivity index (χ0) is 23.2. The van der Waals surface area contributed by atoms with Gasteiger partial charge in [-0.3, -0.25) is 9.36 Å². The highest BCUT2D eigenvalue weighted by Gasteiger charge is 2.20. The number of thioether (sulfide) groups is 1. The van der Waals surface area contributed by atoms with Crippen molar-refractivity contribution in [2.24, 2.45) is 0 Å². The molecular formula is C26H25FN4OS. The van der Waals surface area contributed by atoms with Gasteiger partial charge in [0.05, 0.1) is 11.8 Å². The molecule has 33 heavy (non-hydrogen) atoms. The molecule has 4 aromatic rings. The quantitative estimate of drug-likeness (QED) is 0.335. The van der Waals surface area contributed by atoms with E-state index in [1.165, 1.54) is 23.9 Å². The summed E-state index contributed by atoms with van der Waals surface area (Å²) in [6.07, 6.45) is 0.638. The molecule has 1 unspecified atom stereocenters. The second-order valence-electron chi connectivity index (χ2n) is 7.75. The lowest BCUT2D eigenvalue weighted by atomic mass is 10.1. The van der Waals surface area contributed by atoms with E-state index in [1.807, 2.05) is 60.0 Å². The minimum atomic E-state index is -0.290. The number of hydrogen-bond donors (Lipinski definition) is 0. The van der Waals surface area contributed by atoms with Crippen molar-refractivity contribution in [3.63, 3.8) is 0 Å². The lowest BCUT2D eigenvalue weighted by molar-refractivity contribution is -0.128. The molecule has 7 heteroatoms. The summed E-state index contributed by atoms with van der Waals surface area (Å²) in [7, 11) is 1.76. The van der Waals surface area contributed by atoms with Crippen LogP contribution in [0.1, 0.15) is 29.9 Å². The molecular weight excluding hydrogens is 435 g/mol. The molecule has 0 aliphatic carbocycles. The van der Waals surface area contributed by atoms with Crippen LogP contribution in [0.5, 0.6) is 0 Å². The second-order valence-corrected chi connectivity index (χ2v) is 8.70. The zero-order valence-corrected chi connectivity index (χ0v) is 19.4. The Morgan fingerprint density at radius 3 is 2.27 bits per heavy atom. The smallest absolute Gasteiger partial charge is 0.233 e. The predicted octanol–water partition coefficient (Wildman–Crippen LogP) is 5.31. The fraction of sp³-hybridized carbons (Fsp3) is 0.192. The van der Waals surface area contributed by atoms with Crippen LogP contribution in [0.15, 0.2) is 90.1 Å². The maximum atomic E-state index is 13.2. The Morgan fingerprint density at radius 2 is 1.61 bits per heavy atom. The van der Waals surface area contributed by atoms with Crippen molar-refractivity contribution >= 4 is 17.7 Å². The zero-order valence-electron chi connectivity index (χ0n) is 18.6. The molecule has 0 bridgehead atoms. The van der Waals surface area contributed by atoms with Gasteiger partial charge in [0.2, 0.25) is 5.91 Å². The van der Waals surface area contributed by atoms with Crippen molar-refractivity contribution in [3.8, 4) is 5.69 Å². The summed E-state index contributed by atoms with van der Waals surface area (Å²) in [5.74, 6) is 0.708. The number of nitrogens with zero attached hydrogens (tertiary/aromatic N) is 4. The highest BCUT2D eigenvalue weighted by atomic mass is 32.2. The molecule has 1 amide bonds. The fourth-order valence-electron chi connectivity index (χ4n) is 3.53. The van der Waals surface area contributed by atoms with Gasteiger partial charge in [0, 0.05) is 19.2 Å². The Kier molecular flexibility index (Phi) is 7.19. The van der Waals surface area contributed by atoms with Crippen molar-refractivity contribution in [2.45, 2.75) is 24.5 Å². The molecule has 1 heterocycles. The summed E-state index contributed by atoms with van der Waals surface area (Å²) in [5, 5.41) is 9.50. The van der Waals surface area contributed by atoms with E-state index < -0.39 is 0 Å². The fourth-order valence-corrected chi connectivity index (χ4v) is 4.43. The maximum absolute atomic E-state index is 13.2. The summed E-state index contributed by atoms with van der Waals surface area (Å²) in [6, 6.07) is 26.1. The number of aromatic nitrogens is 3. The van der Waals surface area contributed by atoms with Gasteiger partial charge in [-0.05, 0) is 42.3 Å². The van der Waals surface area contributed by atoms with E-state index in [0.29, 0.717) is 11.6 Å². The number of benzene rings is 3. The van der Waals surface area contributed by atoms with Gasteiger partial charge in [-0.15, -0.1) is 10.2 Å². The highest BCUT2D eigenvalue weighted by molar-refractivity contribution is 7.99. The van der Waals surface area contributed by atoms with Gasteiger partial charge in [0.1, 0.15) is 11.6 Å². The van der Waals surface area contributed by atoms with Crippen LogP contribution in [0.25, 0.3) is 5.69 Å². The van der Waals surface area contributed by atoms with E-state index in [9.17, 15) is 9.18 Å². The average molecular weight is 461 g/mol. The third kappa shape index (κ3) is 5.49. The van der Waals surface area contributed by atoms with E-state index in [4.69, 9.17) is 0 Å². The van der Waals surface area contributed by atoms with E-state index in [-0.39, 0.29) is 23.5 Å². The van der Waals surface area contributed by atoms with Crippen LogP contribution in [-0.2, 0) is 11.2 Å². The Labute approximate surface area is 197 Å². The SMILES string of the molecule is CC(c1ccc(F)cc1)N(C)C(=O)CSc1nnc(Cc2ccccc2)n1-c1ccccc1. The van der Waals surface area contributed by atoms with Gasteiger partial charge in [-0.25, -0.2) is 4.39 Å². The molecule has 5 nitrogen and oxygen atoms in total. The van der Waals surface area contributed by atoms with Crippen LogP contribution < -0.4 is 0 Å². The van der Waals surface area contributed by atoms with Crippen molar-refractivity contribution in [1.29, 1.82) is 0 Å². The first kappa shape index (κ1) is 22.7. The topological polar surface area (TPSA) is 51.0 Å². The maximum Gasteiger partial charge on any atom is 0.233 e. The Morgan fingerprint density at radius 1 is 0.970 bits per heavy atom. The molecule has 1 atom stereocenters. The van der Waals surface area contributed by atoms with Crippen molar-refractivity contribution in [2.75, 3.05) is 12.8 Å². The third-order valence-electron chi connectivity index (χ3n) is 5.57. The lowest BCUT2D eigenvalue weighted by Crippen LogP contribution is -2.31. The molecule has 3 aromatic carbocycles. The first-order chi connectivity index (χ1) is 16.0. The molecule has 0 aliphatic heterocycles. The Balaban J connectivity index is 1.51. The van der Waals surface area contributed by atoms with Crippen LogP contribution in [0, 0.1) is 5.82 Å². The minimum Gasteiger partial charge on any atom is -0.338 e. The van der Waals surface area contributed by atoms with E-state index in [2.05, 4.69) is 22.3 Å². The molecule has 4 rings (SSSR count). The van der Waals surface area contributed by atoms with Gasteiger partial charge >= 0.3 is 0 Å². The van der Waals surface area contributed by atoms with E-state index >= 15 is 0 Å². The monoisotopic (exact) mass is 460 g/mol. The summed E-state index contributed by atoms with van der Waals surface area (Å²) in [4.78, 5) is 14.6. The molecule has 0 saturated carbocycles. The summed E-state index contributed by atoms with van der Waals surface area (Å²) >= 11 is 1.36. The van der Waals surface area contributed by atoms with Gasteiger partial charge in [-0.1, -0.05) is 72.4 Å². The predicted molar refractivity (Wildman–Crippen MR) is 129 cm³/mol. The molecule has 0 radical (unpaired) electrons. The number of para-hydroxylation sites is 1. The highest BCUT2D eigenvalue weighted by Crippen LogP contribution is 2.25. The third-order valence-corrected chi connectivity index (χ3v) is 6.49. The minimum absolute atomic E-state index is 0.0379. The van der Waals surface area contributed by atoms with Crippen LogP contribution in [-0.4, -0.2) is 38.4 Å². The number of carbonyl (C=O) groups is 1. The Bertz CT molecular complexity index is 1200. The van der Waals surface area contributed by atoms with Gasteiger partial charge < -0.3 is 4.90 Å². The lowest BCUT2D eigenvalue weighted by Gasteiger charge is -2.25. The van der Waals surface area contributed by atoms with E-state index in [1.54, 1.807) is 24.1 Å². The van der Waals surface area contributed by atoms with Gasteiger partial charge in [-0.2, -0.15) is 0 Å². The number of carbonyl (C=O) groups excluding carboxylic acids is 1. The number of halogens is 1. The Hall–Kier alpha value is -3.45. The normalized spacial score (nSPS) is 11.8. The molecule has 0 saturated heterocycles. The molecule has 0 fully saturated rings. The largest absolute Gasteiger partial charge is 0.338 e. The average Bonchev–Trinajstić information content (AvgIpc) is 3.25. The van der Waals surface area contributed by atoms with Crippen LogP contribution >= 0.6 is 11.8 Å². The van der Waals surface area contributed by atoms with Crippen molar-refractivity contribution in [1.82, 2.24) is 19.7 Å². The summed E-state index contributed by atoms with van der Waals surface area (Å²) in [6.45, 7) is 1.93. The molecule has 0 aliphatic rings. The van der Waals surface area contributed by atoms with Crippen LogP contribution in [0.3, 0.4) is 0 Å². The summed E-state index contributed by atoms with van der Waals surface area (Å²) in [5.41, 5.74) is 2.98. The first-order valence-electron chi connectivity index (χ1n) is 10.7. The molecule has 0 spiro atoms. The number of rotatable bonds is 8. The van der Waals surface area contributed by atoms with Crippen molar-refractivity contribution in [3.05, 3.63) is 108 Å². The standard InChI is InChI=1S/C26H25FN4OS/c1-19(21-13-15-22(27)16-14-21)30(2)25(32)18-33-26-29-28-24(17-20-9-5-3-6-10-20)31(26)23-11-7-4-8-12-23/h3-16,19H,17-18H2,1-2H3. The molecule has 0 N–H and O–H groups in total. The van der Waals surface area contributed by atoms with Crippen LogP contribution in [0.4, 0.5) is 4.39 Å². The second kappa shape index (κ2) is 10.4. The number of amides is 1.